The monoisotopic (exact) mass is 358 g/mol. The van der Waals surface area contributed by atoms with Crippen LogP contribution in [0.3, 0.4) is 0 Å². The van der Waals surface area contributed by atoms with Gasteiger partial charge in [0, 0.05) is 30.3 Å². The lowest BCUT2D eigenvalue weighted by molar-refractivity contribution is -0.129. The van der Waals surface area contributed by atoms with Crippen LogP contribution in [-0.2, 0) is 9.59 Å². The van der Waals surface area contributed by atoms with Crippen molar-refractivity contribution in [2.24, 2.45) is 34.5 Å². The SMILES string of the molecule is C[C@]12CCC(=O)C=C1[C@@H](CO)C[C@@H]1C2=CC[C@]2(C)[C@@H](C(=O)CO)CC[C@@H]12. The van der Waals surface area contributed by atoms with Gasteiger partial charge in [-0.3, -0.25) is 9.59 Å². The zero-order valence-electron chi connectivity index (χ0n) is 15.8. The van der Waals surface area contributed by atoms with Gasteiger partial charge in [0.15, 0.2) is 11.6 Å². The first-order valence-corrected chi connectivity index (χ1v) is 10.0. The molecule has 0 heterocycles. The fraction of sp³-hybridized carbons (Fsp3) is 0.727. The Balaban J connectivity index is 1.76. The average molecular weight is 358 g/mol. The van der Waals surface area contributed by atoms with Gasteiger partial charge >= 0.3 is 0 Å². The third-order valence-corrected chi connectivity index (χ3v) is 8.26. The Morgan fingerprint density at radius 3 is 2.69 bits per heavy atom. The number of carbonyl (C=O) groups is 2. The molecule has 4 aliphatic rings. The van der Waals surface area contributed by atoms with Crippen LogP contribution in [0.25, 0.3) is 0 Å². The highest BCUT2D eigenvalue weighted by atomic mass is 16.3. The molecule has 6 atom stereocenters. The second kappa shape index (κ2) is 6.13. The van der Waals surface area contributed by atoms with Gasteiger partial charge in [-0.15, -0.1) is 0 Å². The van der Waals surface area contributed by atoms with Crippen LogP contribution < -0.4 is 0 Å². The van der Waals surface area contributed by atoms with Crippen LogP contribution in [0, 0.1) is 34.5 Å². The number of rotatable bonds is 3. The number of ketones is 2. The molecule has 0 amide bonds. The van der Waals surface area contributed by atoms with Gasteiger partial charge in [0.25, 0.3) is 0 Å². The summed E-state index contributed by atoms with van der Waals surface area (Å²) in [4.78, 5) is 24.4. The van der Waals surface area contributed by atoms with Gasteiger partial charge in [0.05, 0.1) is 0 Å². The topological polar surface area (TPSA) is 74.6 Å². The summed E-state index contributed by atoms with van der Waals surface area (Å²) in [6.07, 6.45) is 9.19. The molecule has 0 radical (unpaired) electrons. The first-order chi connectivity index (χ1) is 12.3. The van der Waals surface area contributed by atoms with Gasteiger partial charge in [0.2, 0.25) is 0 Å². The number of hydrogen-bond donors (Lipinski definition) is 2. The summed E-state index contributed by atoms with van der Waals surface area (Å²) in [5, 5.41) is 19.4. The van der Waals surface area contributed by atoms with Crippen LogP contribution >= 0.6 is 0 Å². The Labute approximate surface area is 155 Å². The molecular weight excluding hydrogens is 328 g/mol. The number of allylic oxidation sites excluding steroid dienone is 3. The zero-order chi connectivity index (χ0) is 18.7. The van der Waals surface area contributed by atoms with E-state index < -0.39 is 0 Å². The molecular formula is C22H30O4. The van der Waals surface area contributed by atoms with Crippen molar-refractivity contribution in [1.82, 2.24) is 0 Å². The second-order valence-corrected chi connectivity index (χ2v) is 9.35. The molecule has 4 nitrogen and oxygen atoms in total. The smallest absolute Gasteiger partial charge is 0.161 e. The molecule has 4 aliphatic carbocycles. The number of fused-ring (bicyclic) bond motifs is 5. The van der Waals surface area contributed by atoms with E-state index in [1.807, 2.05) is 6.08 Å². The third kappa shape index (κ3) is 2.34. The standard InChI is InChI=1S/C22H30O4/c1-21-8-6-17-15(16(21)3-4-18(21)20(26)12-24)9-13(11-23)19-10-14(25)5-7-22(17,19)2/h6,10,13,15-16,18,23-24H,3-5,7-9,11-12H2,1-2H3/t13-,15+,16+,18-,21+,22-/m1/s1. The molecule has 0 spiro atoms. The van der Waals surface area contributed by atoms with Crippen molar-refractivity contribution < 1.29 is 19.8 Å². The first-order valence-electron chi connectivity index (χ1n) is 10.0. The first kappa shape index (κ1) is 18.1. The number of aliphatic hydroxyl groups is 2. The number of hydrogen-bond acceptors (Lipinski definition) is 4. The molecule has 142 valence electrons. The minimum absolute atomic E-state index is 0.0172. The van der Waals surface area contributed by atoms with Crippen molar-refractivity contribution in [3.8, 4) is 0 Å². The van der Waals surface area contributed by atoms with Gasteiger partial charge in [-0.05, 0) is 55.4 Å². The summed E-state index contributed by atoms with van der Waals surface area (Å²) in [5.41, 5.74) is 2.37. The Kier molecular flexibility index (Phi) is 4.27. The van der Waals surface area contributed by atoms with Crippen molar-refractivity contribution in [1.29, 1.82) is 0 Å². The molecule has 0 aliphatic heterocycles. The highest BCUT2D eigenvalue weighted by Crippen LogP contribution is 2.65. The van der Waals surface area contributed by atoms with Crippen molar-refractivity contribution >= 4 is 11.6 Å². The van der Waals surface area contributed by atoms with Gasteiger partial charge in [-0.1, -0.05) is 31.1 Å². The van der Waals surface area contributed by atoms with Crippen LogP contribution in [0.4, 0.5) is 0 Å². The molecule has 0 aromatic carbocycles. The minimum Gasteiger partial charge on any atom is -0.396 e. The third-order valence-electron chi connectivity index (χ3n) is 8.26. The highest BCUT2D eigenvalue weighted by Gasteiger charge is 2.58. The fourth-order valence-corrected chi connectivity index (χ4v) is 6.89. The van der Waals surface area contributed by atoms with Gasteiger partial charge in [0.1, 0.15) is 6.61 Å². The Morgan fingerprint density at radius 2 is 2.00 bits per heavy atom. The van der Waals surface area contributed by atoms with E-state index in [0.29, 0.717) is 18.3 Å². The van der Waals surface area contributed by atoms with E-state index in [2.05, 4.69) is 19.9 Å². The average Bonchev–Trinajstić information content (AvgIpc) is 2.98. The molecule has 0 aromatic heterocycles. The Hall–Kier alpha value is -1.26. The summed E-state index contributed by atoms with van der Waals surface area (Å²) in [6.45, 7) is 4.20. The second-order valence-electron chi connectivity index (χ2n) is 9.35. The molecule has 0 bridgehead atoms. The van der Waals surface area contributed by atoms with E-state index in [-0.39, 0.29) is 47.4 Å². The quantitative estimate of drug-likeness (QED) is 0.761. The molecule has 4 rings (SSSR count). The fourth-order valence-electron chi connectivity index (χ4n) is 6.89. The summed E-state index contributed by atoms with van der Waals surface area (Å²) in [6, 6.07) is 0. The summed E-state index contributed by atoms with van der Waals surface area (Å²) >= 11 is 0. The van der Waals surface area contributed by atoms with E-state index in [1.54, 1.807) is 0 Å². The van der Waals surface area contributed by atoms with E-state index in [9.17, 15) is 19.8 Å². The van der Waals surface area contributed by atoms with Gasteiger partial charge in [-0.25, -0.2) is 0 Å². The number of aliphatic hydroxyl groups excluding tert-OH is 2. The maximum absolute atomic E-state index is 12.3. The number of Topliss-reactive ketones (excluding diaryl/α,β-unsaturated/α-hetero) is 1. The minimum atomic E-state index is -0.361. The van der Waals surface area contributed by atoms with Crippen molar-refractivity contribution in [3.63, 3.8) is 0 Å². The van der Waals surface area contributed by atoms with Crippen molar-refractivity contribution in [3.05, 3.63) is 23.3 Å². The maximum atomic E-state index is 12.3. The highest BCUT2D eigenvalue weighted by molar-refractivity contribution is 5.92. The zero-order valence-corrected chi connectivity index (χ0v) is 15.8. The Bertz CT molecular complexity index is 705. The molecule has 0 saturated heterocycles. The van der Waals surface area contributed by atoms with Crippen LogP contribution in [-0.4, -0.2) is 35.0 Å². The largest absolute Gasteiger partial charge is 0.396 e. The lowest BCUT2D eigenvalue weighted by Crippen LogP contribution is -2.48. The van der Waals surface area contributed by atoms with Gasteiger partial charge in [-0.2, -0.15) is 0 Å². The Morgan fingerprint density at radius 1 is 1.23 bits per heavy atom. The summed E-state index contributed by atoms with van der Waals surface area (Å²) in [5.74, 6) is 0.953. The lowest BCUT2D eigenvalue weighted by Gasteiger charge is -2.55. The molecule has 26 heavy (non-hydrogen) atoms. The van der Waals surface area contributed by atoms with Crippen LogP contribution in [0.1, 0.15) is 52.4 Å². The molecule has 2 fully saturated rings. The van der Waals surface area contributed by atoms with E-state index in [4.69, 9.17) is 0 Å². The van der Waals surface area contributed by atoms with E-state index in [1.165, 1.54) is 5.57 Å². The maximum Gasteiger partial charge on any atom is 0.161 e. The molecule has 2 N–H and O–H groups in total. The van der Waals surface area contributed by atoms with E-state index >= 15 is 0 Å². The lowest BCUT2D eigenvalue weighted by atomic mass is 9.49. The normalized spacial score (nSPS) is 44.5. The van der Waals surface area contributed by atoms with Crippen LogP contribution in [0.2, 0.25) is 0 Å². The molecule has 0 aromatic rings. The van der Waals surface area contributed by atoms with Crippen molar-refractivity contribution in [2.45, 2.75) is 52.4 Å². The number of carbonyl (C=O) groups excluding carboxylic acids is 2. The molecule has 4 heteroatoms. The van der Waals surface area contributed by atoms with Gasteiger partial charge < -0.3 is 10.2 Å². The molecule has 0 unspecified atom stereocenters. The van der Waals surface area contributed by atoms with Crippen LogP contribution in [0.5, 0.6) is 0 Å². The molecule has 2 saturated carbocycles. The van der Waals surface area contributed by atoms with Crippen LogP contribution in [0.15, 0.2) is 23.3 Å². The predicted octanol–water partition coefficient (Wildman–Crippen LogP) is 2.83. The summed E-state index contributed by atoms with van der Waals surface area (Å²) < 4.78 is 0. The predicted molar refractivity (Wildman–Crippen MR) is 98.2 cm³/mol. The van der Waals surface area contributed by atoms with Crippen molar-refractivity contribution in [2.75, 3.05) is 13.2 Å². The van der Waals surface area contributed by atoms with E-state index in [0.717, 1.165) is 37.7 Å². The summed E-state index contributed by atoms with van der Waals surface area (Å²) in [7, 11) is 0.